The fraction of sp³-hybridized carbons (Fsp3) is 0.636. The Balaban J connectivity index is 2.78. The van der Waals surface area contributed by atoms with E-state index in [1.807, 2.05) is 6.26 Å². The molecule has 100 valence electrons. The van der Waals surface area contributed by atoms with Gasteiger partial charge in [-0.1, -0.05) is 11.8 Å². The fourth-order valence-corrected chi connectivity index (χ4v) is 1.37. The van der Waals surface area contributed by atoms with Crippen molar-refractivity contribution in [1.29, 1.82) is 0 Å². The molecule has 0 amide bonds. The van der Waals surface area contributed by atoms with Crippen LogP contribution in [0, 0.1) is 0 Å². The summed E-state index contributed by atoms with van der Waals surface area (Å²) in [5.74, 6) is 0. The first-order valence-electron chi connectivity index (χ1n) is 5.61. The molecule has 0 unspecified atom stereocenters. The highest BCUT2D eigenvalue weighted by molar-refractivity contribution is 7.98. The van der Waals surface area contributed by atoms with Crippen LogP contribution in [0.25, 0.3) is 0 Å². The lowest BCUT2D eigenvalue weighted by molar-refractivity contribution is -0.0982. The van der Waals surface area contributed by atoms with Gasteiger partial charge in [-0.15, -0.1) is 0 Å². The van der Waals surface area contributed by atoms with Crippen LogP contribution in [-0.2, 0) is 4.65 Å². The molecule has 2 N–H and O–H groups in total. The summed E-state index contributed by atoms with van der Waals surface area (Å²) >= 11 is 1.42. The summed E-state index contributed by atoms with van der Waals surface area (Å²) in [4.78, 5) is 8.12. The number of rotatable bonds is 5. The second-order valence-corrected chi connectivity index (χ2v) is 5.82. The number of hydrogen-bond donors (Lipinski definition) is 2. The fourth-order valence-electron chi connectivity index (χ4n) is 1.05. The van der Waals surface area contributed by atoms with E-state index in [2.05, 4.69) is 9.97 Å². The molecular weight excluding hydrogens is 251 g/mol. The maximum absolute atomic E-state index is 9.96. The predicted octanol–water partition coefficient (Wildman–Crippen LogP) is 0.452. The van der Waals surface area contributed by atoms with Crippen LogP contribution in [0.15, 0.2) is 17.6 Å². The van der Waals surface area contributed by atoms with Crippen molar-refractivity contribution in [1.82, 2.24) is 9.97 Å². The van der Waals surface area contributed by atoms with Crippen LogP contribution < -0.4 is 5.46 Å². The van der Waals surface area contributed by atoms with Crippen molar-refractivity contribution in [3.05, 3.63) is 12.4 Å². The van der Waals surface area contributed by atoms with Crippen LogP contribution in [0.4, 0.5) is 0 Å². The van der Waals surface area contributed by atoms with Gasteiger partial charge in [0.05, 0.1) is 11.2 Å². The normalized spacial score (nSPS) is 12.6. The van der Waals surface area contributed by atoms with Gasteiger partial charge in [0.2, 0.25) is 0 Å². The predicted molar refractivity (Wildman–Crippen MR) is 72.9 cm³/mol. The van der Waals surface area contributed by atoms with Crippen LogP contribution in [0.3, 0.4) is 0 Å². The van der Waals surface area contributed by atoms with Crippen molar-refractivity contribution >= 4 is 24.3 Å². The zero-order valence-corrected chi connectivity index (χ0v) is 12.2. The van der Waals surface area contributed by atoms with E-state index in [0.717, 1.165) is 0 Å². The second-order valence-electron chi connectivity index (χ2n) is 5.04. The minimum atomic E-state index is -1.16. The Kier molecular flexibility index (Phi) is 4.77. The van der Waals surface area contributed by atoms with Crippen molar-refractivity contribution < 1.29 is 14.8 Å². The molecule has 1 aromatic rings. The molecule has 0 saturated heterocycles. The number of aromatic nitrogens is 2. The van der Waals surface area contributed by atoms with Crippen LogP contribution in [0.5, 0.6) is 0 Å². The van der Waals surface area contributed by atoms with E-state index in [-0.39, 0.29) is 0 Å². The van der Waals surface area contributed by atoms with Gasteiger partial charge in [0.1, 0.15) is 0 Å². The summed E-state index contributed by atoms with van der Waals surface area (Å²) in [7, 11) is -1.16. The highest BCUT2D eigenvalue weighted by Crippen LogP contribution is 2.25. The van der Waals surface area contributed by atoms with E-state index < -0.39 is 18.3 Å². The molecule has 0 spiro atoms. The van der Waals surface area contributed by atoms with E-state index in [0.29, 0.717) is 10.6 Å². The molecule has 0 aromatic carbocycles. The molecule has 0 aliphatic carbocycles. The smallest absolute Gasteiger partial charge is 0.423 e. The Labute approximate surface area is 112 Å². The number of nitrogens with zero attached hydrogens (tertiary/aromatic N) is 2. The maximum atomic E-state index is 9.96. The average Bonchev–Trinajstić information content (AvgIpc) is 2.27. The lowest BCUT2D eigenvalue weighted by atomic mass is 9.78. The highest BCUT2D eigenvalue weighted by Gasteiger charge is 2.39. The molecule has 1 rings (SSSR count). The SMILES string of the molecule is CSc1ncc(B(O)OC(C)(C)C(C)(C)O)cn1. The molecule has 0 aliphatic heterocycles. The van der Waals surface area contributed by atoms with Gasteiger partial charge in [0.25, 0.3) is 0 Å². The van der Waals surface area contributed by atoms with E-state index in [4.69, 9.17) is 4.65 Å². The minimum Gasteiger partial charge on any atom is -0.423 e. The molecule has 5 nitrogen and oxygen atoms in total. The van der Waals surface area contributed by atoms with Crippen LogP contribution >= 0.6 is 11.8 Å². The van der Waals surface area contributed by atoms with Gasteiger partial charge in [0.15, 0.2) is 5.16 Å². The average molecular weight is 270 g/mol. The first-order chi connectivity index (χ1) is 8.17. The molecule has 0 radical (unpaired) electrons. The molecule has 18 heavy (non-hydrogen) atoms. The maximum Gasteiger partial charge on any atom is 0.494 e. The summed E-state index contributed by atoms with van der Waals surface area (Å²) in [6.45, 7) is 6.70. The molecule has 0 atom stereocenters. The quantitative estimate of drug-likeness (QED) is 0.460. The summed E-state index contributed by atoms with van der Waals surface area (Å²) < 4.78 is 5.48. The highest BCUT2D eigenvalue weighted by atomic mass is 32.2. The van der Waals surface area contributed by atoms with Gasteiger partial charge in [-0.25, -0.2) is 9.97 Å². The van der Waals surface area contributed by atoms with Gasteiger partial charge in [-0.2, -0.15) is 0 Å². The lowest BCUT2D eigenvalue weighted by Gasteiger charge is -2.38. The molecule has 0 aliphatic rings. The zero-order chi connectivity index (χ0) is 14.0. The van der Waals surface area contributed by atoms with Crippen molar-refractivity contribution in [2.75, 3.05) is 6.26 Å². The van der Waals surface area contributed by atoms with Gasteiger partial charge < -0.3 is 14.8 Å². The van der Waals surface area contributed by atoms with Crippen LogP contribution in [0.1, 0.15) is 27.7 Å². The Morgan fingerprint density at radius 3 is 2.11 bits per heavy atom. The standard InChI is InChI=1S/C11H19BN2O3S/c1-10(2,15)11(3,4)17-12(16)8-6-13-9(18-5)14-7-8/h6-7,15-16H,1-5H3. The third-order valence-corrected chi connectivity index (χ3v) is 3.57. The van der Waals surface area contributed by atoms with E-state index in [9.17, 15) is 10.1 Å². The third-order valence-electron chi connectivity index (χ3n) is 3.00. The van der Waals surface area contributed by atoms with Gasteiger partial charge in [-0.3, -0.25) is 0 Å². The van der Waals surface area contributed by atoms with Crippen LogP contribution in [0.2, 0.25) is 0 Å². The third kappa shape index (κ3) is 3.68. The number of aliphatic hydroxyl groups is 1. The van der Waals surface area contributed by atoms with Crippen LogP contribution in [-0.4, -0.2) is 44.7 Å². The molecule has 1 aromatic heterocycles. The summed E-state index contributed by atoms with van der Waals surface area (Å²) in [5, 5.41) is 20.5. The molecule has 0 fully saturated rings. The number of hydrogen-bond acceptors (Lipinski definition) is 6. The second kappa shape index (κ2) is 5.56. The Morgan fingerprint density at radius 1 is 1.22 bits per heavy atom. The minimum absolute atomic E-state index is 0.463. The number of thioether (sulfide) groups is 1. The first kappa shape index (κ1) is 15.4. The lowest BCUT2D eigenvalue weighted by Crippen LogP contribution is -2.53. The summed E-state index contributed by atoms with van der Waals surface area (Å²) in [6, 6.07) is 0. The monoisotopic (exact) mass is 270 g/mol. The van der Waals surface area contributed by atoms with Gasteiger partial charge in [-0.05, 0) is 34.0 Å². The topological polar surface area (TPSA) is 75.5 Å². The molecule has 0 bridgehead atoms. The molecule has 1 heterocycles. The van der Waals surface area contributed by atoms with E-state index in [1.165, 1.54) is 24.2 Å². The van der Waals surface area contributed by atoms with Gasteiger partial charge >= 0.3 is 7.12 Å². The summed E-state index contributed by atoms with van der Waals surface area (Å²) in [6.07, 6.45) is 4.91. The summed E-state index contributed by atoms with van der Waals surface area (Å²) in [5.41, 5.74) is -1.51. The van der Waals surface area contributed by atoms with Crippen molar-refractivity contribution in [3.63, 3.8) is 0 Å². The van der Waals surface area contributed by atoms with E-state index in [1.54, 1.807) is 27.7 Å². The Hall–Kier alpha value is -0.625. The Bertz CT molecular complexity index is 392. The zero-order valence-electron chi connectivity index (χ0n) is 11.3. The van der Waals surface area contributed by atoms with E-state index >= 15 is 0 Å². The first-order valence-corrected chi connectivity index (χ1v) is 6.84. The molecular formula is C11H19BN2O3S. The van der Waals surface area contributed by atoms with Crippen molar-refractivity contribution in [3.8, 4) is 0 Å². The molecule has 7 heteroatoms. The van der Waals surface area contributed by atoms with Crippen molar-refractivity contribution in [2.24, 2.45) is 0 Å². The Morgan fingerprint density at radius 2 is 1.72 bits per heavy atom. The van der Waals surface area contributed by atoms with Gasteiger partial charge in [0, 0.05) is 17.9 Å². The van der Waals surface area contributed by atoms with Crippen molar-refractivity contribution in [2.45, 2.75) is 44.1 Å². The molecule has 0 saturated carbocycles. The largest absolute Gasteiger partial charge is 0.494 e.